The van der Waals surface area contributed by atoms with Gasteiger partial charge in [0.25, 0.3) is 5.91 Å². The van der Waals surface area contributed by atoms with Crippen molar-refractivity contribution in [3.8, 4) is 28.6 Å². The monoisotopic (exact) mass is 605 g/mol. The molecule has 4 aromatic rings. The van der Waals surface area contributed by atoms with E-state index in [0.717, 1.165) is 0 Å². The zero-order chi connectivity index (χ0) is 31.9. The highest BCUT2D eigenvalue weighted by Gasteiger charge is 2.29. The number of carbonyl (C=O) groups is 3. The summed E-state index contributed by atoms with van der Waals surface area (Å²) in [6.45, 7) is 2.39. The van der Waals surface area contributed by atoms with Crippen molar-refractivity contribution in [2.45, 2.75) is 13.1 Å². The molecule has 0 fully saturated rings. The summed E-state index contributed by atoms with van der Waals surface area (Å²) in [5.74, 6) is -2.00. The zero-order valence-electron chi connectivity index (χ0n) is 23.2. The van der Waals surface area contributed by atoms with E-state index in [-0.39, 0.29) is 17.6 Å². The van der Waals surface area contributed by atoms with E-state index in [4.69, 9.17) is 23.8 Å². The van der Waals surface area contributed by atoms with Gasteiger partial charge in [0.1, 0.15) is 40.4 Å². The van der Waals surface area contributed by atoms with Crippen LogP contribution in [0.2, 0.25) is 0 Å². The first kappa shape index (κ1) is 32.4. The van der Waals surface area contributed by atoms with Gasteiger partial charge in [-0.15, -0.1) is 0 Å². The molecule has 0 spiro atoms. The predicted molar refractivity (Wildman–Crippen MR) is 145 cm³/mol. The maximum Gasteiger partial charge on any atom is 0.430 e. The van der Waals surface area contributed by atoms with E-state index >= 15 is 0 Å². The quantitative estimate of drug-likeness (QED) is 0.293. The molecule has 228 valence electrons. The molecule has 0 saturated carbocycles. The van der Waals surface area contributed by atoms with Gasteiger partial charge in [-0.1, -0.05) is 0 Å². The normalized spacial score (nSPS) is 10.9. The van der Waals surface area contributed by atoms with Gasteiger partial charge in [-0.25, -0.2) is 4.39 Å². The Morgan fingerprint density at radius 2 is 1.58 bits per heavy atom. The largest absolute Gasteiger partial charge is 0.542 e. The number of rotatable bonds is 8. The molecule has 0 radical (unpaired) electrons. The van der Waals surface area contributed by atoms with E-state index in [9.17, 15) is 27.2 Å². The fourth-order valence-electron chi connectivity index (χ4n) is 3.96. The zero-order valence-corrected chi connectivity index (χ0v) is 23.2. The number of carbonyl (C=O) groups excluding carboxylic acids is 3. The first-order valence-electron chi connectivity index (χ1n) is 12.6. The summed E-state index contributed by atoms with van der Waals surface area (Å²) in [4.78, 5) is 35.5. The van der Waals surface area contributed by atoms with Gasteiger partial charge in [0.05, 0.1) is 31.5 Å². The first-order valence-corrected chi connectivity index (χ1v) is 12.6. The number of halogens is 4. The minimum Gasteiger partial charge on any atom is -0.542 e. The summed E-state index contributed by atoms with van der Waals surface area (Å²) < 4.78 is 62.2. The number of anilines is 1. The molecule has 0 unspecified atom stereocenters. The molecule has 0 atom stereocenters. The van der Waals surface area contributed by atoms with Gasteiger partial charge in [0, 0.05) is 31.0 Å². The van der Waals surface area contributed by atoms with Crippen molar-refractivity contribution in [2.24, 2.45) is 0 Å². The van der Waals surface area contributed by atoms with Crippen molar-refractivity contribution < 1.29 is 56.7 Å². The Morgan fingerprint density at radius 1 is 1.02 bits per heavy atom. The molecular weight excluding hydrogens is 578 g/mol. The molecule has 14 heteroatoms. The standard InChI is InChI=1S/C27H26FN3O5.C2HF3O2/c1-16(32)31(13-12-29)22-15-23-21(14-24(22)34-3)25(27(33)30-2)26(36-23)17-4-8-19(9-5-17)35-20-10-6-18(28)7-11-20;3-2(4,5)1(6)7/h4-11,14-15H,12-13,29H2,1-3H3,(H,30,33);(H,6,7). The molecule has 0 bridgehead atoms. The number of fused-ring (bicyclic) bond motifs is 1. The number of benzene rings is 3. The Kier molecular flexibility index (Phi) is 10.3. The molecule has 4 rings (SSSR count). The maximum absolute atomic E-state index is 13.2. The summed E-state index contributed by atoms with van der Waals surface area (Å²) in [5, 5.41) is 12.0. The number of hydrogen-bond donors (Lipinski definition) is 2. The smallest absolute Gasteiger partial charge is 0.430 e. The Bertz CT molecular complexity index is 1600. The Hall–Kier alpha value is -5.11. The molecule has 4 N–H and O–H groups in total. The lowest BCUT2D eigenvalue weighted by molar-refractivity contribution is -0.363. The maximum atomic E-state index is 13.2. The van der Waals surface area contributed by atoms with Gasteiger partial charge in [0.2, 0.25) is 5.91 Å². The molecule has 0 aliphatic rings. The van der Waals surface area contributed by atoms with Gasteiger partial charge in [0.15, 0.2) is 0 Å². The third-order valence-corrected chi connectivity index (χ3v) is 5.89. The van der Waals surface area contributed by atoms with Crippen LogP contribution in [0.3, 0.4) is 0 Å². The number of nitrogens with zero attached hydrogens (tertiary/aromatic N) is 1. The topological polar surface area (TPSA) is 149 Å². The number of furan rings is 1. The minimum absolute atomic E-state index is 0.161. The van der Waals surface area contributed by atoms with Crippen molar-refractivity contribution in [1.82, 2.24) is 5.32 Å². The highest BCUT2D eigenvalue weighted by atomic mass is 19.4. The lowest BCUT2D eigenvalue weighted by atomic mass is 10.0. The second kappa shape index (κ2) is 13.7. The van der Waals surface area contributed by atoms with Gasteiger partial charge in [-0.2, -0.15) is 13.2 Å². The van der Waals surface area contributed by atoms with E-state index in [0.29, 0.717) is 63.9 Å². The molecular formula is C29H27F4N3O7. The van der Waals surface area contributed by atoms with Crippen LogP contribution in [0.25, 0.3) is 22.3 Å². The molecule has 1 heterocycles. The number of nitrogens with one attached hydrogen (secondary N) is 1. The van der Waals surface area contributed by atoms with Crippen LogP contribution < -0.4 is 30.5 Å². The average molecular weight is 606 g/mol. The van der Waals surface area contributed by atoms with Gasteiger partial charge in [-0.05, 0) is 54.6 Å². The first-order chi connectivity index (χ1) is 20.3. The number of carboxylic acids is 1. The van der Waals surface area contributed by atoms with Crippen LogP contribution in [-0.2, 0) is 9.59 Å². The summed E-state index contributed by atoms with van der Waals surface area (Å²) >= 11 is 0. The highest BCUT2D eigenvalue weighted by molar-refractivity contribution is 6.12. The number of hydrogen-bond acceptors (Lipinski definition) is 7. The lowest BCUT2D eigenvalue weighted by Crippen LogP contribution is -2.55. The van der Waals surface area contributed by atoms with Crippen LogP contribution in [-0.4, -0.2) is 51.2 Å². The minimum atomic E-state index is -5.19. The Labute approximate surface area is 242 Å². The molecule has 43 heavy (non-hydrogen) atoms. The molecule has 0 aliphatic carbocycles. The molecule has 1 aromatic heterocycles. The number of methoxy groups -OCH3 is 1. The van der Waals surface area contributed by atoms with Crippen LogP contribution in [0.1, 0.15) is 17.3 Å². The SMILES string of the molecule is CNC(=O)c1c(-c2ccc(Oc3ccc(F)cc3)cc2)oc2cc(N(CC[NH3+])C(C)=O)c(OC)cc12.O=C([O-])C(F)(F)F. The van der Waals surface area contributed by atoms with Crippen molar-refractivity contribution in [1.29, 1.82) is 0 Å². The Balaban J connectivity index is 0.000000646. The summed E-state index contributed by atoms with van der Waals surface area (Å²) in [7, 11) is 3.05. The van der Waals surface area contributed by atoms with E-state index < -0.39 is 12.1 Å². The van der Waals surface area contributed by atoms with Crippen molar-refractivity contribution in [3.05, 3.63) is 72.0 Å². The highest BCUT2D eigenvalue weighted by Crippen LogP contribution is 2.40. The predicted octanol–water partition coefficient (Wildman–Crippen LogP) is 3.29. The Morgan fingerprint density at radius 3 is 2.05 bits per heavy atom. The average Bonchev–Trinajstić information content (AvgIpc) is 3.34. The van der Waals surface area contributed by atoms with Crippen LogP contribution in [0.4, 0.5) is 23.2 Å². The number of quaternary nitrogens is 1. The summed E-state index contributed by atoms with van der Waals surface area (Å²) in [6, 6.07) is 16.1. The number of ether oxygens (including phenoxy) is 2. The van der Waals surface area contributed by atoms with Crippen molar-refractivity contribution in [2.75, 3.05) is 32.1 Å². The number of aliphatic carboxylic acids is 1. The second-order valence-electron chi connectivity index (χ2n) is 8.80. The number of alkyl halides is 3. The van der Waals surface area contributed by atoms with Crippen molar-refractivity contribution in [3.63, 3.8) is 0 Å². The number of amides is 2. The summed E-state index contributed by atoms with van der Waals surface area (Å²) in [6.07, 6.45) is -5.19. The molecule has 2 amide bonds. The van der Waals surface area contributed by atoms with Gasteiger partial charge >= 0.3 is 6.18 Å². The van der Waals surface area contributed by atoms with E-state index in [1.807, 2.05) is 0 Å². The summed E-state index contributed by atoms with van der Waals surface area (Å²) in [5.41, 5.74) is 5.80. The fraction of sp³-hybridized carbons (Fsp3) is 0.207. The van der Waals surface area contributed by atoms with Crippen LogP contribution in [0, 0.1) is 5.82 Å². The van der Waals surface area contributed by atoms with E-state index in [1.165, 1.54) is 38.3 Å². The third kappa shape index (κ3) is 7.80. The molecule has 0 saturated heterocycles. The second-order valence-corrected chi connectivity index (χ2v) is 8.80. The third-order valence-electron chi connectivity index (χ3n) is 5.89. The number of carboxylic acid groups (broad SMARTS) is 1. The fourth-order valence-corrected chi connectivity index (χ4v) is 3.96. The van der Waals surface area contributed by atoms with Crippen molar-refractivity contribution >= 4 is 34.4 Å². The van der Waals surface area contributed by atoms with Crippen LogP contribution >= 0.6 is 0 Å². The van der Waals surface area contributed by atoms with E-state index in [2.05, 4.69) is 11.1 Å². The van der Waals surface area contributed by atoms with Crippen LogP contribution in [0.5, 0.6) is 17.2 Å². The molecule has 10 nitrogen and oxygen atoms in total. The van der Waals surface area contributed by atoms with Gasteiger partial charge < -0.3 is 39.7 Å². The molecule has 3 aromatic carbocycles. The molecule has 0 aliphatic heterocycles. The van der Waals surface area contributed by atoms with Crippen LogP contribution in [0.15, 0.2) is 65.1 Å². The van der Waals surface area contributed by atoms with Gasteiger partial charge in [-0.3, -0.25) is 9.59 Å². The van der Waals surface area contributed by atoms with E-state index in [1.54, 1.807) is 48.3 Å². The lowest BCUT2D eigenvalue weighted by Gasteiger charge is -2.21.